The van der Waals surface area contributed by atoms with Crippen LogP contribution in [-0.2, 0) is 6.18 Å². The molecule has 0 aliphatic carbocycles. The maximum Gasteiger partial charge on any atom is 0.417 e. The highest BCUT2D eigenvalue weighted by molar-refractivity contribution is 7.12. The van der Waals surface area contributed by atoms with Crippen LogP contribution in [-0.4, -0.2) is 47.8 Å². The number of rotatable bonds is 2. The third-order valence-corrected chi connectivity index (χ3v) is 5.29. The van der Waals surface area contributed by atoms with Crippen molar-refractivity contribution < 1.29 is 22.8 Å². The molecule has 2 aromatic rings. The van der Waals surface area contributed by atoms with Gasteiger partial charge in [0.25, 0.3) is 11.8 Å². The molecule has 0 bridgehead atoms. The van der Waals surface area contributed by atoms with E-state index >= 15 is 0 Å². The molecule has 0 atom stereocenters. The molecule has 1 aliphatic heterocycles. The van der Waals surface area contributed by atoms with Gasteiger partial charge in [0, 0.05) is 31.7 Å². The van der Waals surface area contributed by atoms with E-state index in [0.29, 0.717) is 18.0 Å². The topological polar surface area (TPSA) is 40.6 Å². The summed E-state index contributed by atoms with van der Waals surface area (Å²) in [7, 11) is 0. The first-order chi connectivity index (χ1) is 12.3. The second-order valence-electron chi connectivity index (χ2n) is 5.75. The summed E-state index contributed by atoms with van der Waals surface area (Å²) < 4.78 is 38.9. The fourth-order valence-corrected chi connectivity index (χ4v) is 3.64. The predicted octanol–water partition coefficient (Wildman–Crippen LogP) is 4.02. The Bertz CT molecular complexity index is 816. The molecule has 0 spiro atoms. The van der Waals surface area contributed by atoms with Crippen LogP contribution in [0.25, 0.3) is 0 Å². The molecule has 0 unspecified atom stereocenters. The first-order valence-electron chi connectivity index (χ1n) is 7.76. The molecule has 0 radical (unpaired) electrons. The van der Waals surface area contributed by atoms with Crippen LogP contribution in [0.2, 0.25) is 5.02 Å². The maximum atomic E-state index is 13.0. The molecule has 26 heavy (non-hydrogen) atoms. The van der Waals surface area contributed by atoms with E-state index in [1.165, 1.54) is 22.3 Å². The number of benzene rings is 1. The number of amides is 2. The number of thiophene rings is 1. The van der Waals surface area contributed by atoms with Gasteiger partial charge in [-0.15, -0.1) is 11.3 Å². The standard InChI is InChI=1S/C17H14ClF3N2O2S/c18-13-4-3-11(10-12(13)17(19,20)21)15(24)22-5-7-23(8-6-22)16(25)14-2-1-9-26-14/h1-4,9-10H,5-8H2. The second kappa shape index (κ2) is 7.28. The molecule has 1 aromatic heterocycles. The Kier molecular flexibility index (Phi) is 5.24. The summed E-state index contributed by atoms with van der Waals surface area (Å²) in [6.07, 6.45) is -4.63. The third-order valence-electron chi connectivity index (χ3n) is 4.10. The van der Waals surface area contributed by atoms with Gasteiger partial charge in [0.05, 0.1) is 15.5 Å². The van der Waals surface area contributed by atoms with Gasteiger partial charge in [-0.05, 0) is 29.6 Å². The molecule has 0 N–H and O–H groups in total. The minimum absolute atomic E-state index is 0.0697. The lowest BCUT2D eigenvalue weighted by atomic mass is 10.1. The Morgan fingerprint density at radius 1 is 1.00 bits per heavy atom. The van der Waals surface area contributed by atoms with Gasteiger partial charge in [-0.3, -0.25) is 9.59 Å². The van der Waals surface area contributed by atoms with E-state index in [1.807, 2.05) is 5.38 Å². The van der Waals surface area contributed by atoms with E-state index in [2.05, 4.69) is 0 Å². The largest absolute Gasteiger partial charge is 0.417 e. The van der Waals surface area contributed by atoms with Gasteiger partial charge in [-0.25, -0.2) is 0 Å². The quantitative estimate of drug-likeness (QED) is 0.761. The minimum Gasteiger partial charge on any atom is -0.335 e. The van der Waals surface area contributed by atoms with Crippen LogP contribution in [0.5, 0.6) is 0 Å². The average molecular weight is 403 g/mol. The van der Waals surface area contributed by atoms with Crippen LogP contribution in [0.1, 0.15) is 25.6 Å². The number of nitrogens with zero attached hydrogens (tertiary/aromatic N) is 2. The normalized spacial score (nSPS) is 15.2. The van der Waals surface area contributed by atoms with E-state index in [1.54, 1.807) is 17.0 Å². The Morgan fingerprint density at radius 2 is 1.62 bits per heavy atom. The molecule has 2 heterocycles. The Morgan fingerprint density at radius 3 is 2.15 bits per heavy atom. The lowest BCUT2D eigenvalue weighted by molar-refractivity contribution is -0.137. The van der Waals surface area contributed by atoms with Crippen molar-refractivity contribution in [3.8, 4) is 0 Å². The zero-order chi connectivity index (χ0) is 18.9. The van der Waals surface area contributed by atoms with Gasteiger partial charge in [0.2, 0.25) is 0 Å². The number of carbonyl (C=O) groups excluding carboxylic acids is 2. The lowest BCUT2D eigenvalue weighted by Gasteiger charge is -2.34. The fourth-order valence-electron chi connectivity index (χ4n) is 2.73. The zero-order valence-electron chi connectivity index (χ0n) is 13.4. The van der Waals surface area contributed by atoms with Crippen LogP contribution in [0.15, 0.2) is 35.7 Å². The Balaban J connectivity index is 1.68. The van der Waals surface area contributed by atoms with Crippen LogP contribution in [0.3, 0.4) is 0 Å². The Labute approximate surface area is 156 Å². The van der Waals surface area contributed by atoms with Crippen molar-refractivity contribution >= 4 is 34.8 Å². The minimum atomic E-state index is -4.63. The van der Waals surface area contributed by atoms with Gasteiger partial charge < -0.3 is 9.80 Å². The summed E-state index contributed by atoms with van der Waals surface area (Å²) in [5, 5.41) is 1.37. The molecule has 2 amide bonds. The molecule has 9 heteroatoms. The molecule has 1 aromatic carbocycles. The zero-order valence-corrected chi connectivity index (χ0v) is 15.0. The van der Waals surface area contributed by atoms with Gasteiger partial charge in [0.15, 0.2) is 0 Å². The van der Waals surface area contributed by atoms with Crippen molar-refractivity contribution in [3.63, 3.8) is 0 Å². The SMILES string of the molecule is O=C(c1ccc(Cl)c(C(F)(F)F)c1)N1CCN(C(=O)c2cccs2)CC1. The highest BCUT2D eigenvalue weighted by Gasteiger charge is 2.34. The van der Waals surface area contributed by atoms with Crippen LogP contribution in [0.4, 0.5) is 13.2 Å². The summed E-state index contributed by atoms with van der Waals surface area (Å²) in [4.78, 5) is 28.5. The molecule has 138 valence electrons. The number of hydrogen-bond donors (Lipinski definition) is 0. The molecule has 0 saturated carbocycles. The number of piperazine rings is 1. The lowest BCUT2D eigenvalue weighted by Crippen LogP contribution is -2.50. The van der Waals surface area contributed by atoms with E-state index in [9.17, 15) is 22.8 Å². The average Bonchev–Trinajstić information content (AvgIpc) is 3.15. The molecular formula is C17H14ClF3N2O2S. The predicted molar refractivity (Wildman–Crippen MR) is 92.6 cm³/mol. The Hall–Kier alpha value is -2.06. The fraction of sp³-hybridized carbons (Fsp3) is 0.294. The van der Waals surface area contributed by atoms with Crippen molar-refractivity contribution in [1.82, 2.24) is 9.80 Å². The van der Waals surface area contributed by atoms with Crippen molar-refractivity contribution in [2.24, 2.45) is 0 Å². The molecule has 1 aliphatic rings. The number of carbonyl (C=O) groups is 2. The maximum absolute atomic E-state index is 13.0. The van der Waals surface area contributed by atoms with E-state index in [-0.39, 0.29) is 24.6 Å². The van der Waals surface area contributed by atoms with Crippen LogP contribution >= 0.6 is 22.9 Å². The summed E-state index contributed by atoms with van der Waals surface area (Å²) in [5.74, 6) is -0.603. The first kappa shape index (κ1) is 18.7. The third kappa shape index (κ3) is 3.86. The van der Waals surface area contributed by atoms with Crippen molar-refractivity contribution in [2.45, 2.75) is 6.18 Å². The summed E-state index contributed by atoms with van der Waals surface area (Å²) >= 11 is 6.93. The monoisotopic (exact) mass is 402 g/mol. The second-order valence-corrected chi connectivity index (χ2v) is 7.11. The van der Waals surface area contributed by atoms with Gasteiger partial charge in [-0.1, -0.05) is 17.7 Å². The van der Waals surface area contributed by atoms with Crippen LogP contribution in [0, 0.1) is 0 Å². The first-order valence-corrected chi connectivity index (χ1v) is 9.02. The van der Waals surface area contributed by atoms with Crippen molar-refractivity contribution in [3.05, 3.63) is 56.7 Å². The highest BCUT2D eigenvalue weighted by atomic mass is 35.5. The molecule has 4 nitrogen and oxygen atoms in total. The number of halogens is 4. The van der Waals surface area contributed by atoms with Gasteiger partial charge in [-0.2, -0.15) is 13.2 Å². The summed E-state index contributed by atoms with van der Waals surface area (Å²) in [6, 6.07) is 6.65. The molecular weight excluding hydrogens is 389 g/mol. The summed E-state index contributed by atoms with van der Waals surface area (Å²) in [6.45, 7) is 1.20. The number of alkyl halides is 3. The molecule has 1 fully saturated rings. The molecule has 1 saturated heterocycles. The van der Waals surface area contributed by atoms with E-state index in [0.717, 1.165) is 12.1 Å². The van der Waals surface area contributed by atoms with Crippen LogP contribution < -0.4 is 0 Å². The van der Waals surface area contributed by atoms with Crippen molar-refractivity contribution in [1.29, 1.82) is 0 Å². The smallest absolute Gasteiger partial charge is 0.335 e. The van der Waals surface area contributed by atoms with E-state index in [4.69, 9.17) is 11.6 Å². The number of hydrogen-bond acceptors (Lipinski definition) is 3. The molecule has 3 rings (SSSR count). The van der Waals surface area contributed by atoms with Crippen molar-refractivity contribution in [2.75, 3.05) is 26.2 Å². The van der Waals surface area contributed by atoms with Gasteiger partial charge in [0.1, 0.15) is 0 Å². The van der Waals surface area contributed by atoms with E-state index < -0.39 is 22.7 Å². The summed E-state index contributed by atoms with van der Waals surface area (Å²) in [5.41, 5.74) is -1.10. The van der Waals surface area contributed by atoms with Gasteiger partial charge >= 0.3 is 6.18 Å². The highest BCUT2D eigenvalue weighted by Crippen LogP contribution is 2.35.